The highest BCUT2D eigenvalue weighted by Crippen LogP contribution is 2.19. The van der Waals surface area contributed by atoms with Gasteiger partial charge < -0.3 is 0 Å². The second-order valence-corrected chi connectivity index (χ2v) is 6.64. The van der Waals surface area contributed by atoms with Crippen molar-refractivity contribution in [1.29, 1.82) is 0 Å². The summed E-state index contributed by atoms with van der Waals surface area (Å²) < 4.78 is 26.3. The molecule has 1 aromatic heterocycles. The van der Waals surface area contributed by atoms with Gasteiger partial charge in [-0.05, 0) is 23.4 Å². The smallest absolute Gasteiger partial charge is 0.225 e. The zero-order chi connectivity index (χ0) is 13.1. The standard InChI is InChI=1S/C10H16ClN3O2S/c1-4-10(2,3)7-14-17(15,16)8-5-12-9(11)13-6-8/h5-6,14H,4,7H2,1-3H3. The van der Waals surface area contributed by atoms with E-state index < -0.39 is 10.0 Å². The Labute approximate surface area is 107 Å². The first kappa shape index (κ1) is 14.3. The summed E-state index contributed by atoms with van der Waals surface area (Å²) in [6.45, 7) is 6.37. The summed E-state index contributed by atoms with van der Waals surface area (Å²) in [5.74, 6) is 0. The van der Waals surface area contributed by atoms with E-state index in [1.54, 1.807) is 0 Å². The third kappa shape index (κ3) is 4.22. The van der Waals surface area contributed by atoms with Crippen LogP contribution in [0, 0.1) is 5.41 Å². The van der Waals surface area contributed by atoms with Crippen LogP contribution in [0.1, 0.15) is 27.2 Å². The van der Waals surface area contributed by atoms with Crippen LogP contribution >= 0.6 is 11.6 Å². The molecule has 0 aliphatic carbocycles. The van der Waals surface area contributed by atoms with Crippen molar-refractivity contribution in [1.82, 2.24) is 14.7 Å². The first-order valence-corrected chi connectivity index (χ1v) is 7.10. The fourth-order valence-corrected chi connectivity index (χ4v) is 2.17. The third-order valence-electron chi connectivity index (χ3n) is 2.60. The fraction of sp³-hybridized carbons (Fsp3) is 0.600. The fourth-order valence-electron chi connectivity index (χ4n) is 0.938. The monoisotopic (exact) mass is 277 g/mol. The summed E-state index contributed by atoms with van der Waals surface area (Å²) >= 11 is 5.50. The van der Waals surface area contributed by atoms with Gasteiger partial charge in [0, 0.05) is 6.54 Å². The first-order chi connectivity index (χ1) is 7.77. The Hall–Kier alpha value is -0.720. The number of hydrogen-bond acceptors (Lipinski definition) is 4. The van der Waals surface area contributed by atoms with Crippen molar-refractivity contribution < 1.29 is 8.42 Å². The summed E-state index contributed by atoms with van der Waals surface area (Å²) in [4.78, 5) is 7.31. The Bertz CT molecular complexity index is 471. The molecule has 1 aromatic rings. The lowest BCUT2D eigenvalue weighted by Crippen LogP contribution is -2.33. The Kier molecular flexibility index (Phi) is 4.46. The Morgan fingerprint density at radius 3 is 2.35 bits per heavy atom. The molecule has 0 atom stereocenters. The summed E-state index contributed by atoms with van der Waals surface area (Å²) in [6, 6.07) is 0. The van der Waals surface area contributed by atoms with Gasteiger partial charge in [-0.25, -0.2) is 23.1 Å². The van der Waals surface area contributed by atoms with Gasteiger partial charge in [0.15, 0.2) is 0 Å². The number of aromatic nitrogens is 2. The molecule has 1 rings (SSSR count). The predicted molar refractivity (Wildman–Crippen MR) is 66.3 cm³/mol. The number of rotatable bonds is 5. The molecular weight excluding hydrogens is 262 g/mol. The van der Waals surface area contributed by atoms with Gasteiger partial charge in [0.1, 0.15) is 4.90 Å². The van der Waals surface area contributed by atoms with Crippen molar-refractivity contribution >= 4 is 21.6 Å². The van der Waals surface area contributed by atoms with Crippen LogP contribution in [0.5, 0.6) is 0 Å². The molecule has 0 saturated carbocycles. The minimum absolute atomic E-state index is 0.0220. The normalized spacial score (nSPS) is 12.7. The molecule has 0 aliphatic rings. The highest BCUT2D eigenvalue weighted by molar-refractivity contribution is 7.89. The molecule has 96 valence electrons. The molecule has 0 radical (unpaired) electrons. The van der Waals surface area contributed by atoms with Crippen LogP contribution in [0.3, 0.4) is 0 Å². The topological polar surface area (TPSA) is 72.0 Å². The number of halogens is 1. The van der Waals surface area contributed by atoms with E-state index in [0.717, 1.165) is 6.42 Å². The number of hydrogen-bond donors (Lipinski definition) is 1. The van der Waals surface area contributed by atoms with Gasteiger partial charge in [0.05, 0.1) is 12.4 Å². The third-order valence-corrected chi connectivity index (χ3v) is 4.16. The second-order valence-electron chi connectivity index (χ2n) is 4.53. The molecule has 0 aliphatic heterocycles. The maximum atomic E-state index is 11.9. The van der Waals surface area contributed by atoms with Gasteiger partial charge in [-0.15, -0.1) is 0 Å². The van der Waals surface area contributed by atoms with Crippen molar-refractivity contribution in [2.45, 2.75) is 32.1 Å². The zero-order valence-corrected chi connectivity index (χ0v) is 11.6. The first-order valence-electron chi connectivity index (χ1n) is 5.24. The van der Waals surface area contributed by atoms with Gasteiger partial charge >= 0.3 is 0 Å². The van der Waals surface area contributed by atoms with Crippen LogP contribution in [-0.2, 0) is 10.0 Å². The van der Waals surface area contributed by atoms with Crippen LogP contribution in [0.2, 0.25) is 5.28 Å². The van der Waals surface area contributed by atoms with E-state index in [1.165, 1.54) is 12.4 Å². The van der Waals surface area contributed by atoms with Crippen molar-refractivity contribution in [3.8, 4) is 0 Å². The molecule has 0 amide bonds. The maximum absolute atomic E-state index is 11.9. The van der Waals surface area contributed by atoms with Crippen LogP contribution in [0.25, 0.3) is 0 Å². The van der Waals surface area contributed by atoms with Crippen molar-refractivity contribution in [2.24, 2.45) is 5.41 Å². The SMILES string of the molecule is CCC(C)(C)CNS(=O)(=O)c1cnc(Cl)nc1. The second kappa shape index (κ2) is 5.29. The Morgan fingerprint density at radius 2 is 1.88 bits per heavy atom. The van der Waals surface area contributed by atoms with Gasteiger partial charge in [-0.1, -0.05) is 20.8 Å². The molecule has 1 N–H and O–H groups in total. The Balaban J connectivity index is 2.79. The van der Waals surface area contributed by atoms with E-state index >= 15 is 0 Å². The van der Waals surface area contributed by atoms with Gasteiger partial charge in [-0.3, -0.25) is 0 Å². The maximum Gasteiger partial charge on any atom is 0.243 e. The largest absolute Gasteiger partial charge is 0.243 e. The molecule has 5 nitrogen and oxygen atoms in total. The quantitative estimate of drug-likeness (QED) is 0.834. The highest BCUT2D eigenvalue weighted by Gasteiger charge is 2.21. The van der Waals surface area contributed by atoms with Crippen molar-refractivity contribution in [3.05, 3.63) is 17.7 Å². The molecule has 0 bridgehead atoms. The molecule has 0 spiro atoms. The average Bonchev–Trinajstić information content (AvgIpc) is 2.27. The van der Waals surface area contributed by atoms with E-state index in [1.807, 2.05) is 20.8 Å². The molecule has 0 fully saturated rings. The van der Waals surface area contributed by atoms with Crippen LogP contribution in [0.4, 0.5) is 0 Å². The van der Waals surface area contributed by atoms with E-state index in [2.05, 4.69) is 14.7 Å². The molecule has 0 aromatic carbocycles. The molecule has 1 heterocycles. The van der Waals surface area contributed by atoms with Crippen LogP contribution < -0.4 is 4.72 Å². The molecular formula is C10H16ClN3O2S. The summed E-state index contributed by atoms with van der Waals surface area (Å²) in [6.07, 6.45) is 3.26. The average molecular weight is 278 g/mol. The zero-order valence-electron chi connectivity index (χ0n) is 10.1. The van der Waals surface area contributed by atoms with Gasteiger partial charge in [-0.2, -0.15) is 0 Å². The lowest BCUT2D eigenvalue weighted by atomic mass is 9.91. The summed E-state index contributed by atoms with van der Waals surface area (Å²) in [5, 5.41) is 0.0258. The number of sulfonamides is 1. The van der Waals surface area contributed by atoms with E-state index in [9.17, 15) is 8.42 Å². The van der Waals surface area contributed by atoms with Crippen LogP contribution in [-0.4, -0.2) is 24.9 Å². The number of nitrogens with zero attached hydrogens (tertiary/aromatic N) is 2. The summed E-state index contributed by atoms with van der Waals surface area (Å²) in [7, 11) is -3.55. The molecule has 0 unspecified atom stereocenters. The number of nitrogens with one attached hydrogen (secondary N) is 1. The van der Waals surface area contributed by atoms with Gasteiger partial charge in [0.25, 0.3) is 0 Å². The van der Waals surface area contributed by atoms with Crippen LogP contribution in [0.15, 0.2) is 17.3 Å². The Morgan fingerprint density at radius 1 is 1.35 bits per heavy atom. The van der Waals surface area contributed by atoms with Crippen molar-refractivity contribution in [3.63, 3.8) is 0 Å². The van der Waals surface area contributed by atoms with E-state index in [0.29, 0.717) is 6.54 Å². The predicted octanol–water partition coefficient (Wildman–Crippen LogP) is 1.84. The summed E-state index contributed by atoms with van der Waals surface area (Å²) in [5.41, 5.74) is -0.0830. The van der Waals surface area contributed by atoms with E-state index in [-0.39, 0.29) is 15.6 Å². The molecule has 17 heavy (non-hydrogen) atoms. The molecule has 0 saturated heterocycles. The van der Waals surface area contributed by atoms with E-state index in [4.69, 9.17) is 11.6 Å². The molecule has 7 heteroatoms. The lowest BCUT2D eigenvalue weighted by Gasteiger charge is -2.22. The van der Waals surface area contributed by atoms with Crippen molar-refractivity contribution in [2.75, 3.05) is 6.54 Å². The van der Waals surface area contributed by atoms with Gasteiger partial charge in [0.2, 0.25) is 15.3 Å². The highest BCUT2D eigenvalue weighted by atomic mass is 35.5. The minimum atomic E-state index is -3.55. The minimum Gasteiger partial charge on any atom is -0.225 e. The lowest BCUT2D eigenvalue weighted by molar-refractivity contribution is 0.350.